The fourth-order valence-electron chi connectivity index (χ4n) is 2.06. The molecule has 6 heteroatoms. The Morgan fingerprint density at radius 1 is 1.59 bits per heavy atom. The summed E-state index contributed by atoms with van der Waals surface area (Å²) in [6.07, 6.45) is 2.99. The predicted molar refractivity (Wildman–Crippen MR) is 77.5 cm³/mol. The third kappa shape index (κ3) is 2.86. The van der Waals surface area contributed by atoms with E-state index in [1.165, 1.54) is 11.3 Å². The fourth-order valence-corrected chi connectivity index (χ4v) is 3.43. The molecule has 0 spiro atoms. The van der Waals surface area contributed by atoms with Crippen molar-refractivity contribution in [3.05, 3.63) is 20.8 Å². The number of thiocarbonyl (C=S) groups is 1. The van der Waals surface area contributed by atoms with Crippen LogP contribution in [0.25, 0.3) is 0 Å². The van der Waals surface area contributed by atoms with Crippen LogP contribution in [0.2, 0.25) is 0 Å². The predicted octanol–water partition coefficient (Wildman–Crippen LogP) is 2.79. The summed E-state index contributed by atoms with van der Waals surface area (Å²) in [5.74, 6) is 0.0319. The van der Waals surface area contributed by atoms with Crippen LogP contribution in [0, 0.1) is 0 Å². The zero-order chi connectivity index (χ0) is 12.4. The number of carbonyl (C=O) groups excluding carboxylic acids is 1. The number of rotatable bonds is 2. The van der Waals surface area contributed by atoms with Crippen molar-refractivity contribution in [3.63, 3.8) is 0 Å². The minimum Gasteiger partial charge on any atom is -0.392 e. The van der Waals surface area contributed by atoms with E-state index in [9.17, 15) is 4.79 Å². The number of nitrogens with two attached hydrogens (primary N) is 1. The topological polar surface area (TPSA) is 46.3 Å². The molecule has 2 N–H and O–H groups in total. The number of halogens is 1. The third-order valence-corrected chi connectivity index (χ3v) is 4.68. The van der Waals surface area contributed by atoms with E-state index < -0.39 is 0 Å². The van der Waals surface area contributed by atoms with Gasteiger partial charge in [0.25, 0.3) is 5.91 Å². The summed E-state index contributed by atoms with van der Waals surface area (Å²) in [4.78, 5) is 14.6. The molecule has 17 heavy (non-hydrogen) atoms. The van der Waals surface area contributed by atoms with Crippen LogP contribution >= 0.6 is 39.5 Å². The van der Waals surface area contributed by atoms with Gasteiger partial charge in [0.2, 0.25) is 0 Å². The molecule has 1 amide bonds. The Balaban J connectivity index is 2.19. The lowest BCUT2D eigenvalue weighted by Gasteiger charge is -2.34. The summed E-state index contributed by atoms with van der Waals surface area (Å²) in [6, 6.07) is 1.77. The third-order valence-electron chi connectivity index (χ3n) is 2.91. The number of hydrogen-bond acceptors (Lipinski definition) is 3. The smallest absolute Gasteiger partial charge is 0.255 e. The van der Waals surface area contributed by atoms with E-state index in [2.05, 4.69) is 15.9 Å². The van der Waals surface area contributed by atoms with Gasteiger partial charge in [-0.25, -0.2) is 0 Å². The molecule has 2 heterocycles. The van der Waals surface area contributed by atoms with Crippen molar-refractivity contribution in [1.29, 1.82) is 0 Å². The lowest BCUT2D eigenvalue weighted by atomic mass is 10.0. The molecule has 0 saturated carbocycles. The molecule has 3 nitrogen and oxygen atoms in total. The van der Waals surface area contributed by atoms with Crippen molar-refractivity contribution in [2.75, 3.05) is 6.54 Å². The second-order valence-electron chi connectivity index (χ2n) is 4.05. The average Bonchev–Trinajstić information content (AvgIpc) is 2.75. The van der Waals surface area contributed by atoms with Crippen molar-refractivity contribution < 1.29 is 4.79 Å². The van der Waals surface area contributed by atoms with Gasteiger partial charge < -0.3 is 10.6 Å². The van der Waals surface area contributed by atoms with E-state index in [1.54, 1.807) is 4.90 Å². The van der Waals surface area contributed by atoms with Gasteiger partial charge in [0.15, 0.2) is 0 Å². The summed E-state index contributed by atoms with van der Waals surface area (Å²) in [5.41, 5.74) is 6.42. The van der Waals surface area contributed by atoms with E-state index in [1.807, 2.05) is 11.4 Å². The van der Waals surface area contributed by atoms with E-state index in [0.717, 1.165) is 29.6 Å². The number of piperidine rings is 1. The molecule has 1 aromatic heterocycles. The van der Waals surface area contributed by atoms with Crippen LogP contribution in [0.3, 0.4) is 0 Å². The molecule has 1 saturated heterocycles. The summed E-state index contributed by atoms with van der Waals surface area (Å²) < 4.78 is 0.963. The first-order chi connectivity index (χ1) is 8.09. The summed E-state index contributed by atoms with van der Waals surface area (Å²) in [5, 5.41) is 1.86. The van der Waals surface area contributed by atoms with Crippen molar-refractivity contribution >= 4 is 50.4 Å². The van der Waals surface area contributed by atoms with Gasteiger partial charge in [-0.15, -0.1) is 11.3 Å². The molecule has 1 aliphatic rings. The second-order valence-corrected chi connectivity index (χ2v) is 6.81. The summed E-state index contributed by atoms with van der Waals surface area (Å²) >= 11 is 9.92. The molecular weight excluding hydrogens is 320 g/mol. The summed E-state index contributed by atoms with van der Waals surface area (Å²) in [7, 11) is 0. The molecular formula is C11H13BrN2OS2. The highest BCUT2D eigenvalue weighted by molar-refractivity contribution is 9.11. The molecule has 2 rings (SSSR count). The molecule has 92 valence electrons. The van der Waals surface area contributed by atoms with E-state index >= 15 is 0 Å². The number of carbonyl (C=O) groups is 1. The number of thiophene rings is 1. The Morgan fingerprint density at radius 2 is 2.35 bits per heavy atom. The minimum atomic E-state index is -0.0788. The fraction of sp³-hybridized carbons (Fsp3) is 0.455. The van der Waals surface area contributed by atoms with E-state index in [4.69, 9.17) is 18.0 Å². The monoisotopic (exact) mass is 332 g/mol. The quantitative estimate of drug-likeness (QED) is 0.847. The molecule has 0 radical (unpaired) electrons. The lowest BCUT2D eigenvalue weighted by molar-refractivity contribution is 0.0682. The first-order valence-electron chi connectivity index (χ1n) is 5.44. The van der Waals surface area contributed by atoms with Gasteiger partial charge in [0.05, 0.1) is 20.4 Å². The van der Waals surface area contributed by atoms with E-state index in [-0.39, 0.29) is 11.9 Å². The maximum absolute atomic E-state index is 12.3. The van der Waals surface area contributed by atoms with Crippen molar-refractivity contribution in [2.24, 2.45) is 5.73 Å². The molecule has 0 aliphatic carbocycles. The van der Waals surface area contributed by atoms with Gasteiger partial charge in [-0.2, -0.15) is 0 Å². The standard InChI is InChI=1S/C11H13BrN2OS2/c12-9-5-7(6-17-9)11(15)14-4-2-1-3-8(14)10(13)16/h5-6,8H,1-4H2,(H2,13,16). The second kappa shape index (κ2) is 5.46. The number of nitrogens with zero attached hydrogens (tertiary/aromatic N) is 1. The van der Waals surface area contributed by atoms with Crippen molar-refractivity contribution in [2.45, 2.75) is 25.3 Å². The van der Waals surface area contributed by atoms with Gasteiger partial charge in [-0.3, -0.25) is 4.79 Å². The molecule has 1 aliphatic heterocycles. The van der Waals surface area contributed by atoms with Gasteiger partial charge in [-0.1, -0.05) is 12.2 Å². The number of hydrogen-bond donors (Lipinski definition) is 1. The average molecular weight is 333 g/mol. The van der Waals surface area contributed by atoms with Gasteiger partial charge in [0.1, 0.15) is 0 Å². The maximum atomic E-state index is 12.3. The number of amides is 1. The molecule has 1 unspecified atom stereocenters. The van der Waals surface area contributed by atoms with Crippen LogP contribution in [0.5, 0.6) is 0 Å². The van der Waals surface area contributed by atoms with Crippen molar-refractivity contribution in [3.8, 4) is 0 Å². The SMILES string of the molecule is NC(=S)C1CCCCN1C(=O)c1csc(Br)c1. The zero-order valence-electron chi connectivity index (χ0n) is 9.19. The maximum Gasteiger partial charge on any atom is 0.255 e. The molecule has 1 aromatic rings. The Labute approximate surface area is 118 Å². The van der Waals surface area contributed by atoms with Crippen LogP contribution in [-0.2, 0) is 0 Å². The highest BCUT2D eigenvalue weighted by atomic mass is 79.9. The Morgan fingerprint density at radius 3 is 2.94 bits per heavy atom. The van der Waals surface area contributed by atoms with E-state index in [0.29, 0.717) is 10.6 Å². The van der Waals surface area contributed by atoms with Crippen LogP contribution < -0.4 is 5.73 Å². The molecule has 0 aromatic carbocycles. The van der Waals surface area contributed by atoms with Crippen LogP contribution in [0.15, 0.2) is 15.2 Å². The van der Waals surface area contributed by atoms with Gasteiger partial charge in [-0.05, 0) is 41.3 Å². The van der Waals surface area contributed by atoms with Crippen molar-refractivity contribution in [1.82, 2.24) is 4.90 Å². The van der Waals surface area contributed by atoms with Crippen LogP contribution in [-0.4, -0.2) is 28.4 Å². The Bertz CT molecular complexity index is 446. The highest BCUT2D eigenvalue weighted by Gasteiger charge is 2.29. The summed E-state index contributed by atoms with van der Waals surface area (Å²) in [6.45, 7) is 0.744. The molecule has 1 fully saturated rings. The Kier molecular flexibility index (Phi) is 4.17. The van der Waals surface area contributed by atoms with Crippen LogP contribution in [0.4, 0.5) is 0 Å². The van der Waals surface area contributed by atoms with Gasteiger partial charge in [0, 0.05) is 11.9 Å². The zero-order valence-corrected chi connectivity index (χ0v) is 12.4. The van der Waals surface area contributed by atoms with Gasteiger partial charge >= 0.3 is 0 Å². The highest BCUT2D eigenvalue weighted by Crippen LogP contribution is 2.25. The first kappa shape index (κ1) is 13.0. The minimum absolute atomic E-state index is 0.0319. The normalized spacial score (nSPS) is 20.3. The largest absolute Gasteiger partial charge is 0.392 e. The van der Waals surface area contributed by atoms with Crippen LogP contribution in [0.1, 0.15) is 29.6 Å². The lowest BCUT2D eigenvalue weighted by Crippen LogP contribution is -2.49. The Hall–Kier alpha value is -0.460. The molecule has 1 atom stereocenters. The first-order valence-corrected chi connectivity index (χ1v) is 7.52. The number of likely N-dealkylation sites (tertiary alicyclic amines) is 1. The molecule has 0 bridgehead atoms.